The standard InChI is InChI=1S/C27H35N3O2S2/c1-6-19-12-14-27(15-13-19)18-30(24-11-10-21(28-33-5)17-23(24)27)25(31)20-8-7-9-22(16-20)34(32)29-26(2,3)4/h7-12,16-17,28-29H,6,13-15,18H2,1-5H3. The van der Waals surface area contributed by atoms with E-state index in [1.54, 1.807) is 18.0 Å². The fraction of sp³-hybridized carbons (Fsp3) is 0.444. The van der Waals surface area contributed by atoms with Crippen molar-refractivity contribution < 1.29 is 9.00 Å². The molecule has 182 valence electrons. The monoisotopic (exact) mass is 497 g/mol. The Hall–Kier alpha value is -2.09. The molecule has 1 aliphatic carbocycles. The van der Waals surface area contributed by atoms with Crippen LogP contribution in [0.2, 0.25) is 0 Å². The second-order valence-corrected chi connectivity index (χ2v) is 12.1. The molecule has 0 saturated carbocycles. The highest BCUT2D eigenvalue weighted by atomic mass is 32.2. The lowest BCUT2D eigenvalue weighted by Crippen LogP contribution is -2.38. The molecular formula is C27H35N3O2S2. The van der Waals surface area contributed by atoms with E-state index in [-0.39, 0.29) is 16.9 Å². The molecule has 5 nitrogen and oxygen atoms in total. The Morgan fingerprint density at radius 1 is 1.21 bits per heavy atom. The van der Waals surface area contributed by atoms with Crippen LogP contribution in [0.5, 0.6) is 0 Å². The predicted molar refractivity (Wildman–Crippen MR) is 145 cm³/mol. The van der Waals surface area contributed by atoms with Crippen LogP contribution in [-0.4, -0.2) is 28.5 Å². The summed E-state index contributed by atoms with van der Waals surface area (Å²) in [6.45, 7) is 8.81. The Morgan fingerprint density at radius 3 is 2.65 bits per heavy atom. The van der Waals surface area contributed by atoms with Crippen LogP contribution >= 0.6 is 11.9 Å². The molecule has 0 bridgehead atoms. The number of fused-ring (bicyclic) bond motifs is 2. The summed E-state index contributed by atoms with van der Waals surface area (Å²) < 4.78 is 19.3. The van der Waals surface area contributed by atoms with E-state index in [2.05, 4.69) is 34.6 Å². The average Bonchev–Trinajstić information content (AvgIpc) is 3.12. The summed E-state index contributed by atoms with van der Waals surface area (Å²) >= 11 is 1.57. The molecule has 7 heteroatoms. The fourth-order valence-electron chi connectivity index (χ4n) is 4.92. The smallest absolute Gasteiger partial charge is 0.258 e. The van der Waals surface area contributed by atoms with Crippen LogP contribution in [0.1, 0.15) is 69.3 Å². The molecule has 0 radical (unpaired) electrons. The Balaban J connectivity index is 1.68. The Kier molecular flexibility index (Phi) is 7.27. The number of anilines is 2. The molecule has 2 aromatic carbocycles. The number of carbonyl (C=O) groups is 1. The number of rotatable bonds is 6. The molecule has 0 aromatic heterocycles. The molecule has 1 aliphatic heterocycles. The molecule has 34 heavy (non-hydrogen) atoms. The molecule has 4 rings (SSSR count). The van der Waals surface area contributed by atoms with Crippen LogP contribution < -0.4 is 14.3 Å². The van der Waals surface area contributed by atoms with Crippen LogP contribution in [0.15, 0.2) is 59.0 Å². The van der Waals surface area contributed by atoms with Crippen molar-refractivity contribution >= 4 is 40.2 Å². The Labute approximate surface area is 210 Å². The van der Waals surface area contributed by atoms with Crippen molar-refractivity contribution in [2.24, 2.45) is 0 Å². The van der Waals surface area contributed by atoms with Crippen molar-refractivity contribution in [1.82, 2.24) is 4.72 Å². The van der Waals surface area contributed by atoms with Gasteiger partial charge in [-0.05, 0) is 88.4 Å². The summed E-state index contributed by atoms with van der Waals surface area (Å²) in [5, 5.41) is 0. The van der Waals surface area contributed by atoms with E-state index in [1.165, 1.54) is 11.1 Å². The van der Waals surface area contributed by atoms with Gasteiger partial charge in [0.15, 0.2) is 0 Å². The minimum absolute atomic E-state index is 0.0384. The van der Waals surface area contributed by atoms with Gasteiger partial charge in [0.2, 0.25) is 0 Å². The minimum atomic E-state index is -1.39. The second kappa shape index (κ2) is 9.88. The molecule has 2 atom stereocenters. The van der Waals surface area contributed by atoms with Crippen LogP contribution in [0.4, 0.5) is 11.4 Å². The third-order valence-electron chi connectivity index (χ3n) is 6.64. The summed E-state index contributed by atoms with van der Waals surface area (Å²) in [6.07, 6.45) is 8.57. The maximum absolute atomic E-state index is 13.8. The normalized spacial score (nSPS) is 20.7. The van der Waals surface area contributed by atoms with Gasteiger partial charge in [-0.2, -0.15) is 0 Å². The van der Waals surface area contributed by atoms with Gasteiger partial charge in [0.25, 0.3) is 5.91 Å². The van der Waals surface area contributed by atoms with E-state index < -0.39 is 11.0 Å². The molecule has 1 spiro atoms. The maximum atomic E-state index is 13.8. The van der Waals surface area contributed by atoms with Crippen molar-refractivity contribution in [2.75, 3.05) is 22.4 Å². The first-order chi connectivity index (χ1) is 16.2. The SMILES string of the molecule is CCC1=CCC2(CC1)CN(C(=O)c1cccc(S(=O)NC(C)(C)C)c1)c1ccc(NSC)cc12. The molecule has 2 unspecified atom stereocenters. The first-order valence-electron chi connectivity index (χ1n) is 11.9. The van der Waals surface area contributed by atoms with Gasteiger partial charge in [-0.25, -0.2) is 8.93 Å². The number of nitrogens with zero attached hydrogens (tertiary/aromatic N) is 1. The van der Waals surface area contributed by atoms with E-state index >= 15 is 0 Å². The summed E-state index contributed by atoms with van der Waals surface area (Å²) in [4.78, 5) is 16.3. The largest absolute Gasteiger partial charge is 0.330 e. The number of nitrogens with one attached hydrogen (secondary N) is 2. The van der Waals surface area contributed by atoms with Gasteiger partial charge in [-0.1, -0.05) is 36.6 Å². The van der Waals surface area contributed by atoms with Gasteiger partial charge in [-0.3, -0.25) is 4.79 Å². The Morgan fingerprint density at radius 2 is 2.00 bits per heavy atom. The highest BCUT2D eigenvalue weighted by molar-refractivity contribution is 7.99. The molecule has 0 fully saturated rings. The summed E-state index contributed by atoms with van der Waals surface area (Å²) in [5.74, 6) is -0.0384. The highest BCUT2D eigenvalue weighted by Gasteiger charge is 2.45. The number of hydrogen-bond donors (Lipinski definition) is 2. The molecule has 1 heterocycles. The van der Waals surface area contributed by atoms with Gasteiger partial charge in [0, 0.05) is 40.7 Å². The van der Waals surface area contributed by atoms with Crippen LogP contribution in [-0.2, 0) is 16.4 Å². The average molecular weight is 498 g/mol. The third-order valence-corrected chi connectivity index (χ3v) is 8.56. The van der Waals surface area contributed by atoms with E-state index in [0.717, 1.165) is 37.1 Å². The van der Waals surface area contributed by atoms with Gasteiger partial charge in [0.05, 0.1) is 4.90 Å². The van der Waals surface area contributed by atoms with Gasteiger partial charge in [-0.15, -0.1) is 0 Å². The number of allylic oxidation sites excluding steroid dienone is 2. The van der Waals surface area contributed by atoms with E-state index in [1.807, 2.05) is 56.2 Å². The second-order valence-electron chi connectivity index (χ2n) is 10.3. The van der Waals surface area contributed by atoms with Crippen molar-refractivity contribution in [3.8, 4) is 0 Å². The number of benzene rings is 2. The van der Waals surface area contributed by atoms with Crippen molar-refractivity contribution in [3.05, 3.63) is 65.2 Å². The molecule has 2 aliphatic rings. The van der Waals surface area contributed by atoms with Crippen LogP contribution in [0, 0.1) is 0 Å². The van der Waals surface area contributed by atoms with Crippen molar-refractivity contribution in [3.63, 3.8) is 0 Å². The number of carbonyl (C=O) groups excluding carboxylic acids is 1. The summed E-state index contributed by atoms with van der Waals surface area (Å²) in [6, 6.07) is 13.6. The summed E-state index contributed by atoms with van der Waals surface area (Å²) in [7, 11) is -1.39. The fourth-order valence-corrected chi connectivity index (χ4v) is 6.39. The van der Waals surface area contributed by atoms with E-state index in [0.29, 0.717) is 17.0 Å². The van der Waals surface area contributed by atoms with Crippen molar-refractivity contribution in [2.45, 2.75) is 69.2 Å². The lowest BCUT2D eigenvalue weighted by molar-refractivity contribution is 0.0984. The van der Waals surface area contributed by atoms with Crippen LogP contribution in [0.25, 0.3) is 0 Å². The summed E-state index contributed by atoms with van der Waals surface area (Å²) in [5.41, 5.74) is 5.03. The molecule has 1 amide bonds. The van der Waals surface area contributed by atoms with Gasteiger partial charge < -0.3 is 9.62 Å². The maximum Gasteiger partial charge on any atom is 0.258 e. The highest BCUT2D eigenvalue weighted by Crippen LogP contribution is 2.50. The number of hydrogen-bond acceptors (Lipinski definition) is 4. The molecule has 2 N–H and O–H groups in total. The zero-order valence-electron chi connectivity index (χ0n) is 20.7. The first kappa shape index (κ1) is 25.0. The van der Waals surface area contributed by atoms with Crippen molar-refractivity contribution in [1.29, 1.82) is 0 Å². The van der Waals surface area contributed by atoms with E-state index in [4.69, 9.17) is 0 Å². The molecule has 2 aromatic rings. The Bertz CT molecular complexity index is 1140. The first-order valence-corrected chi connectivity index (χ1v) is 14.3. The zero-order valence-corrected chi connectivity index (χ0v) is 22.4. The van der Waals surface area contributed by atoms with Gasteiger partial charge >= 0.3 is 0 Å². The quantitative estimate of drug-likeness (QED) is 0.368. The lowest BCUT2D eigenvalue weighted by Gasteiger charge is -2.33. The lowest BCUT2D eigenvalue weighted by atomic mass is 9.71. The zero-order chi connectivity index (χ0) is 24.5. The van der Waals surface area contributed by atoms with Crippen LogP contribution in [0.3, 0.4) is 0 Å². The topological polar surface area (TPSA) is 61.4 Å². The van der Waals surface area contributed by atoms with Gasteiger partial charge in [0.1, 0.15) is 11.0 Å². The third kappa shape index (κ3) is 5.11. The minimum Gasteiger partial charge on any atom is -0.330 e. The number of amides is 1. The predicted octanol–water partition coefficient (Wildman–Crippen LogP) is 6.21. The van der Waals surface area contributed by atoms with E-state index in [9.17, 15) is 9.00 Å². The molecule has 0 saturated heterocycles. The molecular weight excluding hydrogens is 462 g/mol.